The Bertz CT molecular complexity index is 624. The summed E-state index contributed by atoms with van der Waals surface area (Å²) in [7, 11) is -3.43. The van der Waals surface area contributed by atoms with Crippen molar-refractivity contribution >= 4 is 27.3 Å². The van der Waals surface area contributed by atoms with Gasteiger partial charge in [0.2, 0.25) is 15.9 Å². The Labute approximate surface area is 123 Å². The predicted molar refractivity (Wildman–Crippen MR) is 80.5 cm³/mol. The number of nitrogens with one attached hydrogen (secondary N) is 2. The SMILES string of the molecule is CS(=O)(=O)Nc1ccccc1NC(=O)C1(N)CCOCC1. The number of sulfonamides is 1. The van der Waals surface area contributed by atoms with Crippen LogP contribution in [0.5, 0.6) is 0 Å². The maximum atomic E-state index is 12.3. The molecular weight excluding hydrogens is 294 g/mol. The number of hydrogen-bond donors (Lipinski definition) is 3. The van der Waals surface area contributed by atoms with Crippen LogP contribution in [-0.2, 0) is 19.6 Å². The highest BCUT2D eigenvalue weighted by Gasteiger charge is 2.36. The highest BCUT2D eigenvalue weighted by Crippen LogP contribution is 2.25. The van der Waals surface area contributed by atoms with Crippen LogP contribution >= 0.6 is 0 Å². The van der Waals surface area contributed by atoms with Crippen LogP contribution in [0.25, 0.3) is 0 Å². The number of benzene rings is 1. The first kappa shape index (κ1) is 15.7. The minimum Gasteiger partial charge on any atom is -0.381 e. The van der Waals surface area contributed by atoms with Crippen LogP contribution in [0.1, 0.15) is 12.8 Å². The third kappa shape index (κ3) is 4.16. The van der Waals surface area contributed by atoms with Gasteiger partial charge in [0, 0.05) is 13.2 Å². The molecule has 0 atom stereocenters. The van der Waals surface area contributed by atoms with Crippen molar-refractivity contribution in [2.75, 3.05) is 29.5 Å². The van der Waals surface area contributed by atoms with Crippen molar-refractivity contribution < 1.29 is 17.9 Å². The number of nitrogens with two attached hydrogens (primary N) is 1. The molecule has 0 radical (unpaired) electrons. The van der Waals surface area contributed by atoms with E-state index in [0.29, 0.717) is 37.4 Å². The number of anilines is 2. The maximum Gasteiger partial charge on any atom is 0.244 e. The molecule has 0 bridgehead atoms. The van der Waals surface area contributed by atoms with Gasteiger partial charge in [0.15, 0.2) is 0 Å². The molecule has 1 heterocycles. The molecule has 4 N–H and O–H groups in total. The zero-order valence-electron chi connectivity index (χ0n) is 11.8. The highest BCUT2D eigenvalue weighted by atomic mass is 32.2. The third-order valence-electron chi connectivity index (χ3n) is 3.31. The number of ether oxygens (including phenoxy) is 1. The summed E-state index contributed by atoms with van der Waals surface area (Å²) in [5, 5.41) is 2.70. The maximum absolute atomic E-state index is 12.3. The van der Waals surface area contributed by atoms with Gasteiger partial charge < -0.3 is 15.8 Å². The van der Waals surface area contributed by atoms with Crippen molar-refractivity contribution in [2.45, 2.75) is 18.4 Å². The van der Waals surface area contributed by atoms with Crippen molar-refractivity contribution in [1.29, 1.82) is 0 Å². The van der Waals surface area contributed by atoms with E-state index in [1.54, 1.807) is 24.3 Å². The summed E-state index contributed by atoms with van der Waals surface area (Å²) in [6.45, 7) is 0.875. The Morgan fingerprint density at radius 3 is 2.38 bits per heavy atom. The van der Waals surface area contributed by atoms with Crippen molar-refractivity contribution in [3.63, 3.8) is 0 Å². The lowest BCUT2D eigenvalue weighted by atomic mass is 9.90. The van der Waals surface area contributed by atoms with Crippen LogP contribution in [0.3, 0.4) is 0 Å². The average Bonchev–Trinajstić information content (AvgIpc) is 2.40. The van der Waals surface area contributed by atoms with Crippen LogP contribution in [-0.4, -0.2) is 39.3 Å². The summed E-state index contributed by atoms with van der Waals surface area (Å²) in [6.07, 6.45) is 1.91. The molecule has 21 heavy (non-hydrogen) atoms. The van der Waals surface area contributed by atoms with Gasteiger partial charge in [-0.1, -0.05) is 12.1 Å². The second-order valence-corrected chi connectivity index (χ2v) is 6.89. The molecule has 1 amide bonds. The highest BCUT2D eigenvalue weighted by molar-refractivity contribution is 7.92. The Balaban J connectivity index is 2.17. The van der Waals surface area contributed by atoms with Crippen LogP contribution in [0.2, 0.25) is 0 Å². The monoisotopic (exact) mass is 313 g/mol. The van der Waals surface area contributed by atoms with Crippen LogP contribution in [0.4, 0.5) is 11.4 Å². The molecule has 0 aromatic heterocycles. The molecule has 7 nitrogen and oxygen atoms in total. The van der Waals surface area contributed by atoms with E-state index in [1.807, 2.05) is 0 Å². The molecule has 1 aliphatic heterocycles. The quantitative estimate of drug-likeness (QED) is 0.750. The average molecular weight is 313 g/mol. The molecule has 2 rings (SSSR count). The first-order chi connectivity index (χ1) is 9.80. The minimum absolute atomic E-state index is 0.309. The van der Waals surface area contributed by atoms with E-state index in [1.165, 1.54) is 0 Å². The number of rotatable bonds is 4. The van der Waals surface area contributed by atoms with E-state index in [2.05, 4.69) is 10.0 Å². The third-order valence-corrected chi connectivity index (χ3v) is 3.90. The summed E-state index contributed by atoms with van der Waals surface area (Å²) >= 11 is 0. The molecule has 116 valence electrons. The van der Waals surface area contributed by atoms with Gasteiger partial charge in [0.25, 0.3) is 0 Å². The number of hydrogen-bond acceptors (Lipinski definition) is 5. The van der Waals surface area contributed by atoms with E-state index in [-0.39, 0.29) is 5.91 Å². The summed E-state index contributed by atoms with van der Waals surface area (Å²) in [5.74, 6) is -0.339. The number of carbonyl (C=O) groups is 1. The van der Waals surface area contributed by atoms with Gasteiger partial charge in [0.05, 0.1) is 17.6 Å². The minimum atomic E-state index is -3.43. The molecule has 1 aliphatic rings. The second-order valence-electron chi connectivity index (χ2n) is 5.14. The van der Waals surface area contributed by atoms with Crippen molar-refractivity contribution in [1.82, 2.24) is 0 Å². The zero-order valence-corrected chi connectivity index (χ0v) is 12.6. The van der Waals surface area contributed by atoms with Crippen molar-refractivity contribution in [2.24, 2.45) is 5.73 Å². The molecule has 8 heteroatoms. The summed E-state index contributed by atoms with van der Waals surface area (Å²) in [6, 6.07) is 6.57. The van der Waals surface area contributed by atoms with Crippen LogP contribution < -0.4 is 15.8 Å². The standard InChI is InChI=1S/C13H19N3O4S/c1-21(18,19)16-11-5-3-2-4-10(11)15-12(17)13(14)6-8-20-9-7-13/h2-5,16H,6-9,14H2,1H3,(H,15,17). The Hall–Kier alpha value is -1.64. The van der Waals surface area contributed by atoms with Crippen LogP contribution in [0, 0.1) is 0 Å². The zero-order chi connectivity index (χ0) is 15.5. The molecule has 0 aliphatic carbocycles. The van der Waals surface area contributed by atoms with Gasteiger partial charge in [-0.15, -0.1) is 0 Å². The fourth-order valence-electron chi connectivity index (χ4n) is 2.09. The summed E-state index contributed by atoms with van der Waals surface area (Å²) in [4.78, 5) is 12.3. The van der Waals surface area contributed by atoms with E-state index in [0.717, 1.165) is 6.26 Å². The van der Waals surface area contributed by atoms with Crippen molar-refractivity contribution in [3.05, 3.63) is 24.3 Å². The number of amides is 1. The second kappa shape index (κ2) is 6.00. The largest absolute Gasteiger partial charge is 0.381 e. The fraction of sp³-hybridized carbons (Fsp3) is 0.462. The van der Waals surface area contributed by atoms with Gasteiger partial charge in [-0.2, -0.15) is 0 Å². The van der Waals surface area contributed by atoms with Gasteiger partial charge in [-0.3, -0.25) is 9.52 Å². The van der Waals surface area contributed by atoms with E-state index >= 15 is 0 Å². The normalized spacial score (nSPS) is 18.0. The van der Waals surface area contributed by atoms with Gasteiger partial charge >= 0.3 is 0 Å². The smallest absolute Gasteiger partial charge is 0.244 e. The lowest BCUT2D eigenvalue weighted by molar-refractivity contribution is -0.124. The summed E-state index contributed by atoms with van der Waals surface area (Å²) < 4.78 is 30.2. The predicted octanol–water partition coefficient (Wildman–Crippen LogP) is 0.504. The lowest BCUT2D eigenvalue weighted by Crippen LogP contribution is -2.54. The molecule has 0 spiro atoms. The Morgan fingerprint density at radius 1 is 1.24 bits per heavy atom. The van der Waals surface area contributed by atoms with E-state index < -0.39 is 15.6 Å². The molecule has 1 aromatic rings. The van der Waals surface area contributed by atoms with Gasteiger partial charge in [0.1, 0.15) is 5.54 Å². The Morgan fingerprint density at radius 2 is 1.81 bits per heavy atom. The first-order valence-electron chi connectivity index (χ1n) is 6.55. The molecule has 1 saturated heterocycles. The van der Waals surface area contributed by atoms with Gasteiger partial charge in [-0.05, 0) is 25.0 Å². The number of para-hydroxylation sites is 2. The fourth-order valence-corrected chi connectivity index (χ4v) is 2.67. The van der Waals surface area contributed by atoms with Crippen LogP contribution in [0.15, 0.2) is 24.3 Å². The molecule has 1 aromatic carbocycles. The summed E-state index contributed by atoms with van der Waals surface area (Å²) in [5.41, 5.74) is 5.80. The molecule has 0 saturated carbocycles. The lowest BCUT2D eigenvalue weighted by Gasteiger charge is -2.32. The van der Waals surface area contributed by atoms with Crippen molar-refractivity contribution in [3.8, 4) is 0 Å². The van der Waals surface area contributed by atoms with E-state index in [9.17, 15) is 13.2 Å². The Kier molecular flexibility index (Phi) is 4.50. The van der Waals surface area contributed by atoms with Gasteiger partial charge in [-0.25, -0.2) is 8.42 Å². The molecular formula is C13H19N3O4S. The number of carbonyl (C=O) groups excluding carboxylic acids is 1. The van der Waals surface area contributed by atoms with E-state index in [4.69, 9.17) is 10.5 Å². The molecule has 1 fully saturated rings. The first-order valence-corrected chi connectivity index (χ1v) is 8.44. The topological polar surface area (TPSA) is 111 Å². The molecule has 0 unspecified atom stereocenters.